The topological polar surface area (TPSA) is 49.6 Å². The maximum absolute atomic E-state index is 10.9. The Morgan fingerprint density at radius 1 is 1.25 bits per heavy atom. The normalized spacial score (nSPS) is 16.7. The first kappa shape index (κ1) is 14.8. The molecule has 1 aromatic carbocycles. The van der Waals surface area contributed by atoms with E-state index in [4.69, 9.17) is 0 Å². The number of piperazine rings is 1. The Morgan fingerprint density at radius 2 is 1.90 bits per heavy atom. The zero-order valence-corrected chi connectivity index (χ0v) is 12.4. The molecule has 1 saturated heterocycles. The fourth-order valence-corrected chi connectivity index (χ4v) is 2.65. The Hall–Kier alpha value is -1.62. The summed E-state index contributed by atoms with van der Waals surface area (Å²) >= 11 is 0. The summed E-state index contributed by atoms with van der Waals surface area (Å²) in [5.74, 6) is 1.42. The van der Waals surface area contributed by atoms with E-state index in [0.29, 0.717) is 0 Å². The van der Waals surface area contributed by atoms with Gasteiger partial charge in [0.1, 0.15) is 0 Å². The maximum atomic E-state index is 10.9. The Labute approximate surface area is 120 Å². The summed E-state index contributed by atoms with van der Waals surface area (Å²) in [6, 6.07) is 5.11. The second kappa shape index (κ2) is 6.22. The Balaban J connectivity index is 2.06. The molecule has 1 aliphatic rings. The zero-order valence-electron chi connectivity index (χ0n) is 12.4. The van der Waals surface area contributed by atoms with Crippen molar-refractivity contribution in [1.82, 2.24) is 4.90 Å². The largest absolute Gasteiger partial charge is 0.369 e. The second-order valence-electron chi connectivity index (χ2n) is 5.70. The third-order valence-corrected chi connectivity index (χ3v) is 3.66. The predicted octanol–water partition coefficient (Wildman–Crippen LogP) is 2.64. The number of aryl methyl sites for hydroxylation is 1. The van der Waals surface area contributed by atoms with Gasteiger partial charge in [0.2, 0.25) is 0 Å². The number of nitrogens with zero attached hydrogens (tertiary/aromatic N) is 3. The van der Waals surface area contributed by atoms with Gasteiger partial charge in [-0.15, -0.1) is 0 Å². The summed E-state index contributed by atoms with van der Waals surface area (Å²) in [5.41, 5.74) is 2.27. The van der Waals surface area contributed by atoms with E-state index < -0.39 is 0 Å². The highest BCUT2D eigenvalue weighted by Gasteiger charge is 2.20. The van der Waals surface area contributed by atoms with E-state index >= 15 is 0 Å². The van der Waals surface area contributed by atoms with Crippen molar-refractivity contribution in [3.63, 3.8) is 0 Å². The number of nitro benzene ring substituents is 1. The first-order valence-corrected chi connectivity index (χ1v) is 6.99. The molecular weight excluding hydrogens is 254 g/mol. The molecule has 0 atom stereocenters. The van der Waals surface area contributed by atoms with E-state index in [1.807, 2.05) is 13.0 Å². The van der Waals surface area contributed by atoms with Gasteiger partial charge in [-0.1, -0.05) is 19.9 Å². The minimum Gasteiger partial charge on any atom is -0.369 e. The Morgan fingerprint density at radius 3 is 2.45 bits per heavy atom. The maximum Gasteiger partial charge on any atom is 0.271 e. The molecule has 0 aromatic heterocycles. The van der Waals surface area contributed by atoms with Crippen molar-refractivity contribution in [3.8, 4) is 0 Å². The summed E-state index contributed by atoms with van der Waals surface area (Å²) in [5, 5.41) is 10.9. The standard InChI is InChI=1S/C15H22N3O2/c1-12(2)11-16-6-8-17(9-7-16)15-10-14(18(19)20)5-4-13(15)3/h4-5,10H,6-9,11H2,1-3H3. The van der Waals surface area contributed by atoms with Gasteiger partial charge in [0, 0.05) is 50.5 Å². The van der Waals surface area contributed by atoms with Gasteiger partial charge in [-0.3, -0.25) is 15.0 Å². The lowest BCUT2D eigenvalue weighted by Gasteiger charge is -2.37. The van der Waals surface area contributed by atoms with Gasteiger partial charge in [-0.25, -0.2) is 0 Å². The molecular formula is C15H22N3O2. The van der Waals surface area contributed by atoms with E-state index in [1.54, 1.807) is 12.1 Å². The van der Waals surface area contributed by atoms with Gasteiger partial charge in [-0.2, -0.15) is 0 Å². The number of nitro groups is 1. The molecule has 0 unspecified atom stereocenters. The van der Waals surface area contributed by atoms with Crippen LogP contribution in [0.25, 0.3) is 0 Å². The summed E-state index contributed by atoms with van der Waals surface area (Å²) in [6.07, 6.45) is 0. The molecule has 20 heavy (non-hydrogen) atoms. The number of non-ortho nitro benzene ring substituents is 1. The van der Waals surface area contributed by atoms with Crippen LogP contribution in [0.5, 0.6) is 0 Å². The number of benzene rings is 1. The van der Waals surface area contributed by atoms with Gasteiger partial charge in [0.15, 0.2) is 0 Å². The number of rotatable bonds is 4. The number of anilines is 1. The van der Waals surface area contributed by atoms with Crippen LogP contribution in [0.4, 0.5) is 11.4 Å². The highest BCUT2D eigenvalue weighted by molar-refractivity contribution is 5.59. The van der Waals surface area contributed by atoms with Gasteiger partial charge in [0.25, 0.3) is 5.69 Å². The molecule has 2 rings (SSSR count). The summed E-state index contributed by atoms with van der Waals surface area (Å²) in [4.78, 5) is 15.3. The smallest absolute Gasteiger partial charge is 0.271 e. The van der Waals surface area contributed by atoms with Crippen molar-refractivity contribution in [2.75, 3.05) is 37.6 Å². The van der Waals surface area contributed by atoms with Gasteiger partial charge < -0.3 is 4.90 Å². The van der Waals surface area contributed by atoms with Crippen LogP contribution in [-0.4, -0.2) is 42.5 Å². The van der Waals surface area contributed by atoms with E-state index in [-0.39, 0.29) is 10.6 Å². The van der Waals surface area contributed by atoms with Crippen molar-refractivity contribution in [2.45, 2.75) is 20.8 Å². The molecule has 0 bridgehead atoms. The lowest BCUT2D eigenvalue weighted by atomic mass is 10.1. The lowest BCUT2D eigenvalue weighted by molar-refractivity contribution is -0.384. The molecule has 0 saturated carbocycles. The Kier molecular flexibility index (Phi) is 4.60. The van der Waals surface area contributed by atoms with Crippen LogP contribution in [0, 0.1) is 23.0 Å². The molecule has 1 aliphatic heterocycles. The van der Waals surface area contributed by atoms with Crippen LogP contribution < -0.4 is 4.90 Å². The van der Waals surface area contributed by atoms with E-state index in [2.05, 4.69) is 23.6 Å². The van der Waals surface area contributed by atoms with Crippen LogP contribution in [0.1, 0.15) is 19.4 Å². The van der Waals surface area contributed by atoms with Crippen molar-refractivity contribution in [3.05, 3.63) is 39.8 Å². The molecule has 0 amide bonds. The van der Waals surface area contributed by atoms with E-state index in [1.165, 1.54) is 5.92 Å². The van der Waals surface area contributed by atoms with Crippen LogP contribution in [0.15, 0.2) is 18.2 Å². The Bertz CT molecular complexity index is 480. The molecule has 1 heterocycles. The van der Waals surface area contributed by atoms with Gasteiger partial charge >= 0.3 is 0 Å². The summed E-state index contributed by atoms with van der Waals surface area (Å²) in [7, 11) is 0. The van der Waals surface area contributed by atoms with Crippen molar-refractivity contribution < 1.29 is 4.92 Å². The van der Waals surface area contributed by atoms with Crippen molar-refractivity contribution >= 4 is 11.4 Å². The monoisotopic (exact) mass is 276 g/mol. The van der Waals surface area contributed by atoms with Crippen molar-refractivity contribution in [2.24, 2.45) is 0 Å². The van der Waals surface area contributed by atoms with Gasteiger partial charge in [-0.05, 0) is 18.4 Å². The predicted molar refractivity (Wildman–Crippen MR) is 81.1 cm³/mol. The first-order valence-electron chi connectivity index (χ1n) is 6.99. The van der Waals surface area contributed by atoms with Crippen molar-refractivity contribution in [1.29, 1.82) is 0 Å². The van der Waals surface area contributed by atoms with Crippen LogP contribution in [0.2, 0.25) is 0 Å². The zero-order chi connectivity index (χ0) is 14.7. The molecule has 109 valence electrons. The third-order valence-electron chi connectivity index (χ3n) is 3.66. The molecule has 0 spiro atoms. The minimum atomic E-state index is -0.325. The molecule has 1 fully saturated rings. The quantitative estimate of drug-likeness (QED) is 0.626. The first-order chi connectivity index (χ1) is 9.47. The van der Waals surface area contributed by atoms with Gasteiger partial charge in [0.05, 0.1) is 4.92 Å². The number of hydrogen-bond donors (Lipinski definition) is 0. The highest BCUT2D eigenvalue weighted by Crippen LogP contribution is 2.26. The highest BCUT2D eigenvalue weighted by atomic mass is 16.6. The van der Waals surface area contributed by atoms with Crippen LogP contribution in [-0.2, 0) is 0 Å². The fourth-order valence-electron chi connectivity index (χ4n) is 2.65. The molecule has 5 nitrogen and oxygen atoms in total. The van der Waals surface area contributed by atoms with E-state index in [0.717, 1.165) is 44.0 Å². The van der Waals surface area contributed by atoms with Crippen LogP contribution >= 0.6 is 0 Å². The number of hydrogen-bond acceptors (Lipinski definition) is 4. The minimum absolute atomic E-state index is 0.172. The molecule has 0 N–H and O–H groups in total. The summed E-state index contributed by atoms with van der Waals surface area (Å²) in [6.45, 7) is 11.2. The lowest BCUT2D eigenvalue weighted by Crippen LogP contribution is -2.47. The SMILES string of the molecule is C[C](C)CN1CCN(c2cc([N+](=O)[O-])ccc2C)CC1. The molecule has 1 radical (unpaired) electrons. The third kappa shape index (κ3) is 3.48. The average molecular weight is 276 g/mol. The van der Waals surface area contributed by atoms with Crippen LogP contribution in [0.3, 0.4) is 0 Å². The molecule has 0 aliphatic carbocycles. The van der Waals surface area contributed by atoms with E-state index in [9.17, 15) is 10.1 Å². The second-order valence-corrected chi connectivity index (χ2v) is 5.70. The fraction of sp³-hybridized carbons (Fsp3) is 0.533. The molecule has 5 heteroatoms. The average Bonchev–Trinajstić information content (AvgIpc) is 2.39. The summed E-state index contributed by atoms with van der Waals surface area (Å²) < 4.78 is 0. The molecule has 1 aromatic rings.